The Morgan fingerprint density at radius 1 is 1.56 bits per heavy atom. The number of rotatable bonds is 3. The van der Waals surface area contributed by atoms with E-state index in [-0.39, 0.29) is 5.37 Å². The molecule has 0 aromatic heterocycles. The molecular weight excluding hydrogens is 224 g/mol. The zero-order valence-corrected chi connectivity index (χ0v) is 9.57. The van der Waals surface area contributed by atoms with Crippen LogP contribution in [0, 0.1) is 0 Å². The largest absolute Gasteiger partial charge is 0.480 e. The quantitative estimate of drug-likeness (QED) is 0.841. The smallest absolute Gasteiger partial charge is 0.320 e. The monoisotopic (exact) mass is 236 g/mol. The molecule has 0 radical (unpaired) electrons. The topological polar surface area (TPSA) is 61.7 Å². The van der Waals surface area contributed by atoms with Crippen molar-refractivity contribution in [3.8, 4) is 0 Å². The van der Waals surface area contributed by atoms with Crippen LogP contribution in [0.1, 0.15) is 6.92 Å². The van der Waals surface area contributed by atoms with Gasteiger partial charge in [0, 0.05) is 11.1 Å². The lowest BCUT2D eigenvalue weighted by molar-refractivity contribution is -0.138. The first kappa shape index (κ1) is 11.2. The van der Waals surface area contributed by atoms with Crippen molar-refractivity contribution in [3.63, 3.8) is 0 Å². The third kappa shape index (κ3) is 2.43. The molecule has 1 aliphatic rings. The molecule has 1 aromatic rings. The zero-order valence-electron chi connectivity index (χ0n) is 8.75. The fourth-order valence-electron chi connectivity index (χ4n) is 1.37. The van der Waals surface area contributed by atoms with Crippen LogP contribution in [0.3, 0.4) is 0 Å². The van der Waals surface area contributed by atoms with E-state index in [9.17, 15) is 4.79 Å². The average Bonchev–Trinajstić information content (AvgIpc) is 2.28. The molecule has 0 fully saturated rings. The highest BCUT2D eigenvalue weighted by Gasteiger charge is 2.19. The van der Waals surface area contributed by atoms with Crippen molar-refractivity contribution < 1.29 is 9.90 Å². The third-order valence-corrected chi connectivity index (χ3v) is 3.36. The van der Waals surface area contributed by atoms with Gasteiger partial charge in [-0.2, -0.15) is 0 Å². The summed E-state index contributed by atoms with van der Waals surface area (Å²) in [5.41, 5.74) is 0.938. The van der Waals surface area contributed by atoms with Crippen LogP contribution in [-0.2, 0) is 4.79 Å². The van der Waals surface area contributed by atoms with E-state index in [1.807, 2.05) is 24.3 Å². The zero-order chi connectivity index (χ0) is 11.5. The number of carbonyl (C=O) groups is 1. The van der Waals surface area contributed by atoms with Crippen molar-refractivity contribution in [2.45, 2.75) is 23.2 Å². The predicted molar refractivity (Wildman–Crippen MR) is 64.5 cm³/mol. The van der Waals surface area contributed by atoms with E-state index in [4.69, 9.17) is 5.11 Å². The summed E-state index contributed by atoms with van der Waals surface area (Å²) in [5.74, 6) is -0.854. The van der Waals surface area contributed by atoms with Gasteiger partial charge < -0.3 is 5.11 Å². The molecule has 5 heteroatoms. The van der Waals surface area contributed by atoms with E-state index in [1.54, 1.807) is 24.9 Å². The normalized spacial score (nSPS) is 20.2. The minimum atomic E-state index is -0.854. The van der Waals surface area contributed by atoms with Gasteiger partial charge in [-0.1, -0.05) is 23.9 Å². The van der Waals surface area contributed by atoms with Gasteiger partial charge in [0.1, 0.15) is 6.04 Å². The van der Waals surface area contributed by atoms with Crippen LogP contribution in [-0.4, -0.2) is 28.7 Å². The van der Waals surface area contributed by atoms with Gasteiger partial charge in [-0.3, -0.25) is 15.1 Å². The Kier molecular flexibility index (Phi) is 3.26. The predicted octanol–water partition coefficient (Wildman–Crippen LogP) is 1.88. The Morgan fingerprint density at radius 2 is 2.31 bits per heavy atom. The molecule has 1 aliphatic heterocycles. The maximum Gasteiger partial charge on any atom is 0.320 e. The van der Waals surface area contributed by atoms with Crippen molar-refractivity contribution >= 4 is 29.6 Å². The Balaban J connectivity index is 2.06. The molecule has 0 aliphatic carbocycles. The van der Waals surface area contributed by atoms with Crippen molar-refractivity contribution in [2.75, 3.05) is 0 Å². The Labute approximate surface area is 97.8 Å². The molecule has 84 valence electrons. The SMILES string of the molecule is C[C@H](NC1C=Nc2ccccc2S1)C(=O)O. The number of carboxylic acid groups (broad SMARTS) is 1. The Bertz CT molecular complexity index is 434. The maximum absolute atomic E-state index is 10.7. The molecule has 0 saturated carbocycles. The summed E-state index contributed by atoms with van der Waals surface area (Å²) >= 11 is 1.58. The highest BCUT2D eigenvalue weighted by atomic mass is 32.2. The summed E-state index contributed by atoms with van der Waals surface area (Å²) in [6.07, 6.45) is 1.74. The first-order chi connectivity index (χ1) is 7.66. The minimum absolute atomic E-state index is 0.0824. The van der Waals surface area contributed by atoms with Gasteiger partial charge in [0.2, 0.25) is 0 Å². The van der Waals surface area contributed by atoms with Gasteiger partial charge in [-0.25, -0.2) is 0 Å². The molecule has 1 unspecified atom stereocenters. The Hall–Kier alpha value is -1.33. The third-order valence-electron chi connectivity index (χ3n) is 2.25. The number of hydrogen-bond donors (Lipinski definition) is 2. The van der Waals surface area contributed by atoms with E-state index in [1.165, 1.54) is 0 Å². The van der Waals surface area contributed by atoms with Crippen LogP contribution in [0.2, 0.25) is 0 Å². The second-order valence-electron chi connectivity index (χ2n) is 3.51. The van der Waals surface area contributed by atoms with E-state index >= 15 is 0 Å². The van der Waals surface area contributed by atoms with E-state index in [0.717, 1.165) is 10.6 Å². The van der Waals surface area contributed by atoms with E-state index in [0.29, 0.717) is 0 Å². The van der Waals surface area contributed by atoms with Crippen LogP contribution < -0.4 is 5.32 Å². The van der Waals surface area contributed by atoms with Gasteiger partial charge in [0.15, 0.2) is 0 Å². The number of hydrogen-bond acceptors (Lipinski definition) is 4. The number of aliphatic imine (C=N–C) groups is 1. The number of fused-ring (bicyclic) bond motifs is 1. The van der Waals surface area contributed by atoms with Crippen LogP contribution in [0.4, 0.5) is 5.69 Å². The molecule has 0 spiro atoms. The van der Waals surface area contributed by atoms with Crippen molar-refractivity contribution in [3.05, 3.63) is 24.3 Å². The van der Waals surface area contributed by atoms with Gasteiger partial charge in [-0.05, 0) is 19.1 Å². The first-order valence-corrected chi connectivity index (χ1v) is 5.83. The standard InChI is InChI=1S/C11H12N2O2S/c1-7(11(14)15)13-10-6-12-8-4-2-3-5-9(8)16-10/h2-7,10,13H,1H3,(H,14,15)/t7-,10?/m0/s1. The second-order valence-corrected chi connectivity index (χ2v) is 4.69. The summed E-state index contributed by atoms with van der Waals surface area (Å²) in [6.45, 7) is 1.62. The molecule has 2 rings (SSSR count). The minimum Gasteiger partial charge on any atom is -0.480 e. The first-order valence-electron chi connectivity index (χ1n) is 4.95. The number of aliphatic carboxylic acids is 1. The van der Waals surface area contributed by atoms with E-state index < -0.39 is 12.0 Å². The van der Waals surface area contributed by atoms with E-state index in [2.05, 4.69) is 10.3 Å². The van der Waals surface area contributed by atoms with Crippen LogP contribution in [0.15, 0.2) is 34.2 Å². The number of benzene rings is 1. The molecule has 4 nitrogen and oxygen atoms in total. The van der Waals surface area contributed by atoms with Crippen molar-refractivity contribution in [1.29, 1.82) is 0 Å². The number of para-hydroxylation sites is 1. The molecule has 0 amide bonds. The maximum atomic E-state index is 10.7. The summed E-state index contributed by atoms with van der Waals surface area (Å²) in [6, 6.07) is 7.23. The highest BCUT2D eigenvalue weighted by Crippen LogP contribution is 2.34. The fraction of sp³-hybridized carbons (Fsp3) is 0.273. The fourth-order valence-corrected chi connectivity index (χ4v) is 2.44. The number of thioether (sulfide) groups is 1. The average molecular weight is 236 g/mol. The van der Waals surface area contributed by atoms with Gasteiger partial charge in [-0.15, -0.1) is 0 Å². The molecule has 1 heterocycles. The lowest BCUT2D eigenvalue weighted by Gasteiger charge is -2.21. The lowest BCUT2D eigenvalue weighted by Crippen LogP contribution is -2.40. The molecule has 1 aromatic carbocycles. The summed E-state index contributed by atoms with van der Waals surface area (Å²) in [7, 11) is 0. The number of nitrogens with one attached hydrogen (secondary N) is 1. The molecule has 16 heavy (non-hydrogen) atoms. The second kappa shape index (κ2) is 4.67. The molecule has 2 N–H and O–H groups in total. The van der Waals surface area contributed by atoms with Crippen LogP contribution >= 0.6 is 11.8 Å². The van der Waals surface area contributed by atoms with Crippen molar-refractivity contribution in [1.82, 2.24) is 5.32 Å². The summed E-state index contributed by atoms with van der Waals surface area (Å²) < 4.78 is 0. The molecule has 0 bridgehead atoms. The highest BCUT2D eigenvalue weighted by molar-refractivity contribution is 8.00. The molecular formula is C11H12N2O2S. The van der Waals surface area contributed by atoms with Crippen LogP contribution in [0.25, 0.3) is 0 Å². The van der Waals surface area contributed by atoms with Gasteiger partial charge in [0.25, 0.3) is 0 Å². The van der Waals surface area contributed by atoms with Crippen LogP contribution in [0.5, 0.6) is 0 Å². The number of nitrogens with zero attached hydrogens (tertiary/aromatic N) is 1. The Morgan fingerprint density at radius 3 is 3.06 bits per heavy atom. The molecule has 0 saturated heterocycles. The summed E-state index contributed by atoms with van der Waals surface area (Å²) in [5, 5.41) is 11.7. The van der Waals surface area contributed by atoms with Gasteiger partial charge in [0.05, 0.1) is 11.1 Å². The lowest BCUT2D eigenvalue weighted by atomic mass is 10.3. The number of carboxylic acids is 1. The van der Waals surface area contributed by atoms with Crippen molar-refractivity contribution in [2.24, 2.45) is 4.99 Å². The molecule has 2 atom stereocenters. The van der Waals surface area contributed by atoms with Gasteiger partial charge >= 0.3 is 5.97 Å². The summed E-state index contributed by atoms with van der Waals surface area (Å²) in [4.78, 5) is 16.1.